The topological polar surface area (TPSA) is 103 Å². The smallest absolute Gasteiger partial charge is 0.256 e. The maximum absolute atomic E-state index is 12.9. The minimum atomic E-state index is -0.000645. The normalized spacial score (nSPS) is 19.4. The summed E-state index contributed by atoms with van der Waals surface area (Å²) >= 11 is 0. The zero-order chi connectivity index (χ0) is 22.6. The van der Waals surface area contributed by atoms with E-state index < -0.39 is 0 Å². The number of hydrogen-bond donors (Lipinski definition) is 4. The van der Waals surface area contributed by atoms with Gasteiger partial charge in [0.25, 0.3) is 5.91 Å². The molecular weight excluding hydrogens is 418 g/mol. The zero-order valence-electron chi connectivity index (χ0n) is 18.9. The molecule has 1 amide bonds. The fourth-order valence-corrected chi connectivity index (χ4v) is 4.82. The molecular formula is C24H31N7O2. The van der Waals surface area contributed by atoms with E-state index in [2.05, 4.69) is 62.9 Å². The zero-order valence-corrected chi connectivity index (χ0v) is 18.9. The summed E-state index contributed by atoms with van der Waals surface area (Å²) in [7, 11) is 0. The van der Waals surface area contributed by atoms with E-state index in [1.807, 2.05) is 11.1 Å². The molecule has 1 aromatic carbocycles. The SMILES string of the molecule is CC(OCC1=CNNN1)C1CCN(C(=O)c2cnc(NC3Cc4ccccc4C3)nc2)CC1. The lowest BCUT2D eigenvalue weighted by Gasteiger charge is -2.34. The van der Waals surface area contributed by atoms with Crippen molar-refractivity contribution >= 4 is 11.9 Å². The van der Waals surface area contributed by atoms with Gasteiger partial charge in [-0.2, -0.15) is 5.53 Å². The van der Waals surface area contributed by atoms with Crippen LogP contribution in [-0.2, 0) is 17.6 Å². The maximum Gasteiger partial charge on any atom is 0.256 e. The molecule has 0 spiro atoms. The molecule has 1 aromatic heterocycles. The minimum Gasteiger partial charge on any atom is -0.372 e. The summed E-state index contributed by atoms with van der Waals surface area (Å²) in [5, 5.41) is 3.41. The van der Waals surface area contributed by atoms with Crippen LogP contribution in [-0.4, -0.2) is 52.6 Å². The van der Waals surface area contributed by atoms with Gasteiger partial charge in [0.05, 0.1) is 24.0 Å². The number of benzene rings is 1. The first-order chi connectivity index (χ1) is 16.2. The fourth-order valence-electron chi connectivity index (χ4n) is 4.82. The third-order valence-electron chi connectivity index (χ3n) is 6.82. The molecule has 0 bridgehead atoms. The number of carbonyl (C=O) groups is 1. The number of fused-ring (bicyclic) bond motifs is 1. The average molecular weight is 450 g/mol. The molecule has 1 atom stereocenters. The Bertz CT molecular complexity index is 977. The van der Waals surface area contributed by atoms with Gasteiger partial charge in [-0.25, -0.2) is 9.97 Å². The van der Waals surface area contributed by atoms with Crippen LogP contribution in [0.5, 0.6) is 0 Å². The van der Waals surface area contributed by atoms with E-state index in [-0.39, 0.29) is 12.0 Å². The predicted octanol–water partition coefficient (Wildman–Crippen LogP) is 1.77. The molecule has 1 fully saturated rings. The highest BCUT2D eigenvalue weighted by Crippen LogP contribution is 2.25. The highest BCUT2D eigenvalue weighted by molar-refractivity contribution is 5.93. The number of nitrogens with zero attached hydrogens (tertiary/aromatic N) is 3. The largest absolute Gasteiger partial charge is 0.372 e. The predicted molar refractivity (Wildman–Crippen MR) is 125 cm³/mol. The summed E-state index contributed by atoms with van der Waals surface area (Å²) in [6.07, 6.45) is 9.07. The van der Waals surface area contributed by atoms with E-state index in [9.17, 15) is 4.79 Å². The van der Waals surface area contributed by atoms with Gasteiger partial charge >= 0.3 is 0 Å². The van der Waals surface area contributed by atoms with Crippen molar-refractivity contribution in [2.24, 2.45) is 5.92 Å². The molecule has 3 aliphatic rings. The summed E-state index contributed by atoms with van der Waals surface area (Å²) < 4.78 is 5.99. The monoisotopic (exact) mass is 449 g/mol. The number of hydrogen-bond acceptors (Lipinski definition) is 8. The standard InChI is InChI=1S/C24H31N7O2/c1-16(33-15-22-14-27-30-29-22)17-6-8-31(9-7-17)23(32)20-12-25-24(26-13-20)28-21-10-18-4-2-3-5-19(18)11-21/h2-5,12-14,16-17,21,27,29-30H,6-11,15H2,1H3,(H,25,26,28). The van der Waals surface area contributed by atoms with Crippen molar-refractivity contribution in [1.82, 2.24) is 31.3 Å². The Morgan fingerprint density at radius 3 is 2.52 bits per heavy atom. The second-order valence-corrected chi connectivity index (χ2v) is 9.02. The van der Waals surface area contributed by atoms with Gasteiger partial charge in [-0.05, 0) is 49.7 Å². The molecule has 1 unspecified atom stereocenters. The Morgan fingerprint density at radius 1 is 1.18 bits per heavy atom. The Morgan fingerprint density at radius 2 is 1.88 bits per heavy atom. The molecule has 1 saturated heterocycles. The first-order valence-corrected chi connectivity index (χ1v) is 11.7. The van der Waals surface area contributed by atoms with E-state index in [0.29, 0.717) is 30.1 Å². The number of anilines is 1. The summed E-state index contributed by atoms with van der Waals surface area (Å²) in [6.45, 7) is 4.09. The van der Waals surface area contributed by atoms with Crippen LogP contribution < -0.4 is 21.7 Å². The van der Waals surface area contributed by atoms with Crippen molar-refractivity contribution in [3.05, 3.63) is 65.2 Å². The van der Waals surface area contributed by atoms with Crippen LogP contribution in [0, 0.1) is 5.92 Å². The molecule has 5 rings (SSSR count). The Hall–Kier alpha value is -3.17. The molecule has 1 aliphatic carbocycles. The number of hydrazine groups is 2. The highest BCUT2D eigenvalue weighted by atomic mass is 16.5. The van der Waals surface area contributed by atoms with Crippen LogP contribution in [0.25, 0.3) is 0 Å². The molecule has 4 N–H and O–H groups in total. The Kier molecular flexibility index (Phi) is 6.41. The van der Waals surface area contributed by atoms with Crippen molar-refractivity contribution in [3.8, 4) is 0 Å². The summed E-state index contributed by atoms with van der Waals surface area (Å²) in [4.78, 5) is 23.7. The number of rotatable bonds is 7. The van der Waals surface area contributed by atoms with E-state index in [0.717, 1.165) is 44.5 Å². The molecule has 9 nitrogen and oxygen atoms in total. The van der Waals surface area contributed by atoms with Gasteiger partial charge in [-0.1, -0.05) is 24.3 Å². The van der Waals surface area contributed by atoms with E-state index >= 15 is 0 Å². The van der Waals surface area contributed by atoms with Gasteiger partial charge in [0.15, 0.2) is 0 Å². The second-order valence-electron chi connectivity index (χ2n) is 9.02. The summed E-state index contributed by atoms with van der Waals surface area (Å²) in [5.74, 6) is 1.01. The van der Waals surface area contributed by atoms with Gasteiger partial charge in [0.2, 0.25) is 5.95 Å². The van der Waals surface area contributed by atoms with Crippen LogP contribution in [0.1, 0.15) is 41.3 Å². The number of amides is 1. The van der Waals surface area contributed by atoms with Crippen molar-refractivity contribution in [2.45, 2.75) is 44.8 Å². The second kappa shape index (κ2) is 9.76. The third kappa shape index (κ3) is 5.09. The van der Waals surface area contributed by atoms with Crippen molar-refractivity contribution in [3.63, 3.8) is 0 Å². The van der Waals surface area contributed by atoms with Crippen LogP contribution in [0.2, 0.25) is 0 Å². The van der Waals surface area contributed by atoms with Crippen molar-refractivity contribution < 1.29 is 9.53 Å². The van der Waals surface area contributed by atoms with Crippen molar-refractivity contribution in [2.75, 3.05) is 25.0 Å². The van der Waals surface area contributed by atoms with E-state index in [4.69, 9.17) is 4.74 Å². The molecule has 9 heteroatoms. The first-order valence-electron chi connectivity index (χ1n) is 11.7. The summed E-state index contributed by atoms with van der Waals surface area (Å²) in [6, 6.07) is 8.80. The fraction of sp³-hybridized carbons (Fsp3) is 0.458. The lowest BCUT2D eigenvalue weighted by atomic mass is 9.92. The van der Waals surface area contributed by atoms with Crippen LogP contribution >= 0.6 is 0 Å². The number of ether oxygens (including phenoxy) is 1. The summed E-state index contributed by atoms with van der Waals surface area (Å²) in [5.41, 5.74) is 12.9. The quantitative estimate of drug-likeness (QED) is 0.507. The van der Waals surface area contributed by atoms with Crippen LogP contribution in [0.15, 0.2) is 48.6 Å². The highest BCUT2D eigenvalue weighted by Gasteiger charge is 2.28. The number of likely N-dealkylation sites (tertiary alicyclic amines) is 1. The van der Waals surface area contributed by atoms with Gasteiger partial charge < -0.3 is 25.8 Å². The van der Waals surface area contributed by atoms with Gasteiger partial charge in [0.1, 0.15) is 0 Å². The Labute approximate surface area is 194 Å². The molecule has 33 heavy (non-hydrogen) atoms. The average Bonchev–Trinajstić information content (AvgIpc) is 3.52. The van der Waals surface area contributed by atoms with Crippen LogP contribution in [0.3, 0.4) is 0 Å². The maximum atomic E-state index is 12.9. The lowest BCUT2D eigenvalue weighted by molar-refractivity contribution is 0.0115. The third-order valence-corrected chi connectivity index (χ3v) is 6.82. The molecule has 0 radical (unpaired) electrons. The van der Waals surface area contributed by atoms with Gasteiger partial charge in [0, 0.05) is 37.7 Å². The van der Waals surface area contributed by atoms with Crippen molar-refractivity contribution in [1.29, 1.82) is 0 Å². The number of piperidine rings is 1. The Balaban J connectivity index is 1.09. The molecule has 2 aliphatic heterocycles. The molecule has 3 heterocycles. The minimum absolute atomic E-state index is 0.000645. The number of carbonyl (C=O) groups excluding carboxylic acids is 1. The molecule has 0 saturated carbocycles. The van der Waals surface area contributed by atoms with E-state index in [1.165, 1.54) is 11.1 Å². The number of aromatic nitrogens is 2. The first kappa shape index (κ1) is 21.7. The van der Waals surface area contributed by atoms with Gasteiger partial charge in [-0.15, -0.1) is 0 Å². The molecule has 174 valence electrons. The van der Waals surface area contributed by atoms with Crippen LogP contribution in [0.4, 0.5) is 5.95 Å². The lowest BCUT2D eigenvalue weighted by Crippen LogP contribution is -2.41. The van der Waals surface area contributed by atoms with Gasteiger partial charge in [-0.3, -0.25) is 4.79 Å². The number of nitrogens with one attached hydrogen (secondary N) is 4. The molecule has 2 aromatic rings. The van der Waals surface area contributed by atoms with E-state index in [1.54, 1.807) is 12.4 Å².